The van der Waals surface area contributed by atoms with Crippen LogP contribution in [-0.4, -0.2) is 37.5 Å². The quantitative estimate of drug-likeness (QED) is 0.291. The van der Waals surface area contributed by atoms with Crippen molar-refractivity contribution >= 4 is 37.5 Å². The van der Waals surface area contributed by atoms with Crippen LogP contribution < -0.4 is 0 Å². The first-order chi connectivity index (χ1) is 5.74. The summed E-state index contributed by atoms with van der Waals surface area (Å²) >= 11 is 0. The summed E-state index contributed by atoms with van der Waals surface area (Å²) in [6.07, 6.45) is 3.35. The second kappa shape index (κ2) is 5.22. The summed E-state index contributed by atoms with van der Waals surface area (Å²) < 4.78 is 13.8. The van der Waals surface area contributed by atoms with E-state index in [0.717, 1.165) is 18.2 Å². The number of carbonyl (C=O) groups excluding carboxylic acids is 3. The molecule has 0 saturated heterocycles. The van der Waals surface area contributed by atoms with Crippen LogP contribution in [0.5, 0.6) is 0 Å². The molecule has 0 amide bonds. The number of nitrogens with zero attached hydrogens (tertiary/aromatic N) is 3. The Kier molecular flexibility index (Phi) is 4.58. The Balaban J connectivity index is 5.13. The fourth-order valence-corrected chi connectivity index (χ4v) is 1.99. The molecule has 12 heavy (non-hydrogen) atoms. The monoisotopic (exact) mass is 201 g/mol. The van der Waals surface area contributed by atoms with E-state index in [0.29, 0.717) is 0 Å². The largest absolute Gasteiger partial charge is 0.622 e. The van der Waals surface area contributed by atoms with E-state index in [1.165, 1.54) is 0 Å². The minimum Gasteiger partial charge on any atom is -0.414 e. The van der Waals surface area contributed by atoms with E-state index in [-0.39, 0.29) is 10.5 Å². The maximum atomic E-state index is 9.83. The molecule has 0 aliphatic heterocycles. The molecule has 7 nitrogen and oxygen atoms in total. The molecule has 0 bridgehead atoms. The average Bonchev–Trinajstić information content (AvgIpc) is 2.06. The fourth-order valence-electron chi connectivity index (χ4n) is 0.390. The normalized spacial score (nSPS) is 13.0. The fraction of sp³-hybridized carbons (Fsp3) is 0. The summed E-state index contributed by atoms with van der Waals surface area (Å²) in [5, 5.41) is 0. The van der Waals surface area contributed by atoms with Gasteiger partial charge in [0.1, 0.15) is 10.5 Å². The summed E-state index contributed by atoms with van der Waals surface area (Å²) in [5.41, 5.74) is 0. The molecule has 0 spiro atoms. The summed E-state index contributed by atoms with van der Waals surface area (Å²) in [4.78, 5) is 29.5. The lowest BCUT2D eigenvalue weighted by Crippen LogP contribution is -2.31. The van der Waals surface area contributed by atoms with Gasteiger partial charge in [-0.05, 0) is 0 Å². The Hall–Kier alpha value is -1.47. The Morgan fingerprint density at radius 2 is 1.33 bits per heavy atom. The second-order valence-corrected chi connectivity index (χ2v) is 4.84. The third-order valence-electron chi connectivity index (χ3n) is 0.848. The van der Waals surface area contributed by atoms with E-state index in [2.05, 4.69) is 18.1 Å². The van der Waals surface area contributed by atoms with Gasteiger partial charge in [0.15, 0.2) is 0 Å². The smallest absolute Gasteiger partial charge is 0.414 e. The molecule has 9 heteroatoms. The summed E-state index contributed by atoms with van der Waals surface area (Å²) in [6.45, 7) is 0. The van der Waals surface area contributed by atoms with Crippen LogP contribution in [0, 0.1) is 0 Å². The van der Waals surface area contributed by atoms with Gasteiger partial charge in [0.05, 0.1) is 0 Å². The first-order valence-corrected chi connectivity index (χ1v) is 5.13. The highest BCUT2D eigenvalue weighted by Gasteiger charge is 2.37. The van der Waals surface area contributed by atoms with Crippen molar-refractivity contribution in [1.29, 1.82) is 0 Å². The number of hydrogen-bond donors (Lipinski definition) is 0. The SMILES string of the molecule is O=C=N[Si](N=C=O)(N=C=O)O[SiH3]. The van der Waals surface area contributed by atoms with Crippen molar-refractivity contribution < 1.29 is 18.5 Å². The van der Waals surface area contributed by atoms with Crippen molar-refractivity contribution in [1.82, 2.24) is 0 Å². The maximum Gasteiger partial charge on any atom is 0.622 e. The molecule has 0 fully saturated rings. The molecule has 0 N–H and O–H groups in total. The van der Waals surface area contributed by atoms with E-state index in [4.69, 9.17) is 0 Å². The highest BCUT2D eigenvalue weighted by atomic mass is 28.4. The van der Waals surface area contributed by atoms with Gasteiger partial charge >= 0.3 is 8.80 Å². The number of rotatable bonds is 4. The summed E-state index contributed by atoms with van der Waals surface area (Å²) in [7, 11) is -3.47. The molecule has 0 unspecified atom stereocenters. The first kappa shape index (κ1) is 10.5. The molecule has 0 heterocycles. The topological polar surface area (TPSA) is 97.5 Å². The Labute approximate surface area is 70.8 Å². The predicted molar refractivity (Wildman–Crippen MR) is 41.1 cm³/mol. The van der Waals surface area contributed by atoms with Crippen LogP contribution in [0.2, 0.25) is 0 Å². The molecular formula is C3H3N3O4Si2. The van der Waals surface area contributed by atoms with Crippen molar-refractivity contribution in [2.24, 2.45) is 14.0 Å². The second-order valence-electron chi connectivity index (χ2n) is 1.39. The van der Waals surface area contributed by atoms with Gasteiger partial charge in [-0.15, -0.1) is 0 Å². The molecule has 0 aliphatic rings. The lowest BCUT2D eigenvalue weighted by molar-refractivity contribution is 0.550. The van der Waals surface area contributed by atoms with Gasteiger partial charge < -0.3 is 4.12 Å². The first-order valence-electron chi connectivity index (χ1n) is 2.57. The molecular weight excluding hydrogens is 198 g/mol. The molecule has 0 rings (SSSR count). The van der Waals surface area contributed by atoms with E-state index in [1.807, 2.05) is 0 Å². The van der Waals surface area contributed by atoms with E-state index in [9.17, 15) is 14.4 Å². The van der Waals surface area contributed by atoms with E-state index in [1.54, 1.807) is 0 Å². The Morgan fingerprint density at radius 1 is 1.00 bits per heavy atom. The molecule has 0 aromatic rings. The minimum atomic E-state index is -3.60. The van der Waals surface area contributed by atoms with E-state index < -0.39 is 8.80 Å². The standard InChI is InChI=1S/C3H3N3O4Si2/c7-1-4-12(10-11,5-2-8)6-3-9/h11H3. The lowest BCUT2D eigenvalue weighted by atomic mass is 11.7. The van der Waals surface area contributed by atoms with Crippen molar-refractivity contribution in [3.8, 4) is 0 Å². The third kappa shape index (κ3) is 2.64. The number of hydrogen-bond acceptors (Lipinski definition) is 7. The van der Waals surface area contributed by atoms with Crippen molar-refractivity contribution in [2.45, 2.75) is 0 Å². The van der Waals surface area contributed by atoms with Gasteiger partial charge in [-0.3, -0.25) is 0 Å². The molecule has 62 valence electrons. The van der Waals surface area contributed by atoms with Gasteiger partial charge in [-0.2, -0.15) is 14.0 Å². The average molecular weight is 201 g/mol. The molecule has 0 radical (unpaired) electrons. The van der Waals surface area contributed by atoms with Crippen molar-refractivity contribution in [3.63, 3.8) is 0 Å². The van der Waals surface area contributed by atoms with Crippen LogP contribution in [0.1, 0.15) is 0 Å². The highest BCUT2D eigenvalue weighted by molar-refractivity contribution is 6.73. The van der Waals surface area contributed by atoms with Crippen molar-refractivity contribution in [3.05, 3.63) is 0 Å². The Morgan fingerprint density at radius 3 is 1.50 bits per heavy atom. The molecule has 0 saturated carbocycles. The molecule has 0 aromatic heterocycles. The van der Waals surface area contributed by atoms with Gasteiger partial charge in [0.25, 0.3) is 0 Å². The zero-order valence-electron chi connectivity index (χ0n) is 5.97. The molecule has 0 aromatic carbocycles. The summed E-state index contributed by atoms with van der Waals surface area (Å²) in [6, 6.07) is 0. The van der Waals surface area contributed by atoms with E-state index >= 15 is 0 Å². The van der Waals surface area contributed by atoms with Crippen molar-refractivity contribution in [2.75, 3.05) is 0 Å². The van der Waals surface area contributed by atoms with Crippen LogP contribution in [0.15, 0.2) is 14.0 Å². The van der Waals surface area contributed by atoms with Crippen LogP contribution in [0.3, 0.4) is 0 Å². The van der Waals surface area contributed by atoms with Gasteiger partial charge in [0.2, 0.25) is 18.2 Å². The molecule has 0 aliphatic carbocycles. The highest BCUT2D eigenvalue weighted by Crippen LogP contribution is 2.05. The Bertz CT molecular complexity index is 253. The predicted octanol–water partition coefficient (Wildman–Crippen LogP) is -2.27. The van der Waals surface area contributed by atoms with Gasteiger partial charge in [0, 0.05) is 0 Å². The van der Waals surface area contributed by atoms with Crippen LogP contribution in [0.4, 0.5) is 0 Å². The van der Waals surface area contributed by atoms with Gasteiger partial charge in [-0.25, -0.2) is 14.4 Å². The minimum absolute atomic E-state index is 0.133. The lowest BCUT2D eigenvalue weighted by Gasteiger charge is -2.05. The summed E-state index contributed by atoms with van der Waals surface area (Å²) in [5.74, 6) is 0. The maximum absolute atomic E-state index is 9.83. The zero-order valence-corrected chi connectivity index (χ0v) is 8.97. The third-order valence-corrected chi connectivity index (χ3v) is 4.19. The van der Waals surface area contributed by atoms with Crippen LogP contribution >= 0.6 is 0 Å². The van der Waals surface area contributed by atoms with Gasteiger partial charge in [-0.1, -0.05) is 0 Å². The number of isocyanates is 3. The van der Waals surface area contributed by atoms with Crippen LogP contribution in [-0.2, 0) is 18.5 Å². The van der Waals surface area contributed by atoms with Crippen LogP contribution in [0.25, 0.3) is 0 Å². The molecule has 0 atom stereocenters. The zero-order chi connectivity index (χ0) is 9.45.